The second kappa shape index (κ2) is 21.8. The van der Waals surface area contributed by atoms with E-state index in [0.29, 0.717) is 75.5 Å². The average Bonchev–Trinajstić information content (AvgIpc) is 4.05. The summed E-state index contributed by atoms with van der Waals surface area (Å²) in [6.45, 7) is 6.97. The van der Waals surface area contributed by atoms with Crippen molar-refractivity contribution in [2.24, 2.45) is 7.05 Å². The van der Waals surface area contributed by atoms with Gasteiger partial charge in [0.1, 0.15) is 5.69 Å². The first-order valence-corrected chi connectivity index (χ1v) is 24.4. The van der Waals surface area contributed by atoms with E-state index in [1.165, 1.54) is 6.92 Å². The van der Waals surface area contributed by atoms with E-state index in [9.17, 15) is 38.1 Å². The molecular weight excluding hydrogens is 911 g/mol. The molecule has 3 aromatic heterocycles. The number of alkyl halides is 2. The summed E-state index contributed by atoms with van der Waals surface area (Å²) >= 11 is 0.769. The molecule has 0 atom stereocenters. The Bertz CT molecular complexity index is 2710. The highest BCUT2D eigenvalue weighted by atomic mass is 32.1. The lowest BCUT2D eigenvalue weighted by Gasteiger charge is -2.33. The number of piperidine rings is 1. The van der Waals surface area contributed by atoms with E-state index in [0.717, 1.165) is 91.0 Å². The molecule has 69 heavy (non-hydrogen) atoms. The third kappa shape index (κ3) is 11.5. The monoisotopic (exact) mass is 968 g/mol. The largest absolute Gasteiger partial charge is 0.355 e. The highest BCUT2D eigenvalue weighted by Gasteiger charge is 2.35. The molecule has 3 aliphatic heterocycles. The van der Waals surface area contributed by atoms with E-state index in [4.69, 9.17) is 5.10 Å². The Kier molecular flexibility index (Phi) is 15.4. The van der Waals surface area contributed by atoms with Gasteiger partial charge in [-0.1, -0.05) is 31.4 Å². The van der Waals surface area contributed by atoms with Crippen LogP contribution in [-0.2, 0) is 40.8 Å². The zero-order chi connectivity index (χ0) is 48.8. The minimum atomic E-state index is -2.69. The summed E-state index contributed by atoms with van der Waals surface area (Å²) in [5.74, 6) is -0.0816. The summed E-state index contributed by atoms with van der Waals surface area (Å²) in [7, 11) is 1.77. The van der Waals surface area contributed by atoms with E-state index < -0.39 is 17.3 Å². The van der Waals surface area contributed by atoms with E-state index >= 15 is 0 Å². The first-order chi connectivity index (χ1) is 33.2. The molecule has 21 heteroatoms. The van der Waals surface area contributed by atoms with Gasteiger partial charge in [-0.2, -0.15) is 10.2 Å². The number of benzene rings is 2. The number of rotatable bonds is 18. The Morgan fingerprint density at radius 2 is 1.74 bits per heavy atom. The van der Waals surface area contributed by atoms with Crippen LogP contribution < -0.4 is 20.9 Å². The van der Waals surface area contributed by atoms with Crippen LogP contribution in [0.15, 0.2) is 48.8 Å². The van der Waals surface area contributed by atoms with Crippen molar-refractivity contribution in [1.82, 2.24) is 39.7 Å². The molecule has 366 valence electrons. The molecule has 0 unspecified atom stereocenters. The van der Waals surface area contributed by atoms with Crippen molar-refractivity contribution in [2.75, 3.05) is 54.8 Å². The van der Waals surface area contributed by atoms with Crippen LogP contribution in [0, 0.1) is 17.0 Å². The van der Waals surface area contributed by atoms with Crippen LogP contribution in [0.2, 0.25) is 0 Å². The number of thiazole rings is 1. The van der Waals surface area contributed by atoms with Crippen LogP contribution in [0.4, 0.5) is 36.1 Å². The Balaban J connectivity index is 0.782. The molecule has 8 rings (SSSR count). The number of aryl methyl sites for hydroxylation is 3. The minimum absolute atomic E-state index is 0.0161. The molecule has 0 bridgehead atoms. The number of aromatic nitrogens is 5. The molecule has 1 saturated heterocycles. The number of carbonyl (C=O) groups excluding carboxylic acids is 4. The van der Waals surface area contributed by atoms with Crippen LogP contribution >= 0.6 is 11.3 Å². The minimum Gasteiger partial charge on any atom is -0.355 e. The van der Waals surface area contributed by atoms with Gasteiger partial charge in [-0.3, -0.25) is 48.9 Å². The molecule has 0 spiro atoms. The predicted octanol–water partition coefficient (Wildman–Crippen LogP) is 7.87. The fourth-order valence-electron chi connectivity index (χ4n) is 9.60. The quantitative estimate of drug-likeness (QED) is 0.0438. The van der Waals surface area contributed by atoms with Gasteiger partial charge in [0.15, 0.2) is 10.9 Å². The fourth-order valence-corrected chi connectivity index (χ4v) is 10.4. The topological polar surface area (TPSA) is 206 Å². The lowest BCUT2D eigenvalue weighted by atomic mass is 9.92. The number of fused-ring (bicyclic) bond motifs is 2. The summed E-state index contributed by atoms with van der Waals surface area (Å²) in [6.07, 6.45) is 8.85. The molecular formula is C48H58F2N12O6S. The molecule has 2 aromatic carbocycles. The number of likely N-dealkylation sites (tertiary alicyclic amines) is 1. The van der Waals surface area contributed by atoms with Crippen molar-refractivity contribution in [2.45, 2.75) is 103 Å². The standard InChI is InChI=1S/C48H58F2N12O6S/c1-30-47(62(67)68)69-48(53-30)55-46(66)35-13-8-9-14-39(35)54-42(64)15-7-5-4-6-10-19-51-43(65)29-58-21-16-34(17-22-58)61-40-18-23-59(31(2)63)28-38(40)45(56-61)60-20-11-12-32-24-36(33-26-52-57(3)27-33)37(44(49)50)25-41(32)60/h8-9,13-14,24-27,34,44H,4-7,10-12,15-23,28-29H2,1-3H3,(H,51,65)(H,54,64)(H,53,55,66). The summed E-state index contributed by atoms with van der Waals surface area (Å²) in [6, 6.07) is 10.1. The van der Waals surface area contributed by atoms with Gasteiger partial charge in [-0.25, -0.2) is 13.8 Å². The van der Waals surface area contributed by atoms with Gasteiger partial charge in [0, 0.05) is 93.8 Å². The number of hydrogen-bond donors (Lipinski definition) is 3. The summed E-state index contributed by atoms with van der Waals surface area (Å²) in [4.78, 5) is 72.1. The highest BCUT2D eigenvalue weighted by molar-refractivity contribution is 7.19. The van der Waals surface area contributed by atoms with Crippen molar-refractivity contribution < 1.29 is 32.9 Å². The third-order valence-electron chi connectivity index (χ3n) is 13.2. The molecule has 0 saturated carbocycles. The number of hydrogen-bond acceptors (Lipinski definition) is 12. The van der Waals surface area contributed by atoms with Crippen LogP contribution in [0.1, 0.15) is 116 Å². The Labute approximate surface area is 402 Å². The first-order valence-electron chi connectivity index (χ1n) is 23.6. The molecule has 5 aromatic rings. The predicted molar refractivity (Wildman–Crippen MR) is 258 cm³/mol. The number of anilines is 4. The van der Waals surface area contributed by atoms with Crippen LogP contribution in [-0.4, -0.2) is 102 Å². The van der Waals surface area contributed by atoms with Gasteiger partial charge >= 0.3 is 5.00 Å². The number of nitro groups is 1. The molecule has 0 radical (unpaired) electrons. The van der Waals surface area contributed by atoms with Gasteiger partial charge in [-0.15, -0.1) is 0 Å². The first kappa shape index (κ1) is 48.8. The molecule has 0 aliphatic carbocycles. The van der Waals surface area contributed by atoms with E-state index in [-0.39, 0.29) is 57.1 Å². The van der Waals surface area contributed by atoms with Crippen molar-refractivity contribution >= 4 is 62.3 Å². The molecule has 18 nitrogen and oxygen atoms in total. The van der Waals surface area contributed by atoms with Gasteiger partial charge in [-0.05, 0) is 92.2 Å². The number of halogens is 2. The molecule has 3 aliphatic rings. The highest BCUT2D eigenvalue weighted by Crippen LogP contribution is 2.44. The smallest absolute Gasteiger partial charge is 0.348 e. The van der Waals surface area contributed by atoms with E-state index in [1.54, 1.807) is 61.4 Å². The van der Waals surface area contributed by atoms with E-state index in [2.05, 4.69) is 40.5 Å². The Morgan fingerprint density at radius 1 is 0.971 bits per heavy atom. The lowest BCUT2D eigenvalue weighted by Crippen LogP contribution is -2.42. The van der Waals surface area contributed by atoms with Crippen molar-refractivity contribution in [1.29, 1.82) is 0 Å². The second-order valence-corrected chi connectivity index (χ2v) is 19.0. The Morgan fingerprint density at radius 3 is 2.46 bits per heavy atom. The second-order valence-electron chi connectivity index (χ2n) is 18.0. The van der Waals surface area contributed by atoms with Crippen LogP contribution in [0.5, 0.6) is 0 Å². The number of nitrogens with zero attached hydrogens (tertiary/aromatic N) is 9. The SMILES string of the molecule is CC(=O)N1CCc2c(c(N3CCCc4cc(-c5cnn(C)c5)c(C(F)F)cc43)nn2C2CCN(CC(=O)NCCCCCCCC(=O)Nc3ccccc3C(=O)Nc3nc(C)c([N+](=O)[O-])s3)CC2)C1. The van der Waals surface area contributed by atoms with Gasteiger partial charge in [0.2, 0.25) is 17.7 Å². The zero-order valence-corrected chi connectivity index (χ0v) is 40.0. The summed E-state index contributed by atoms with van der Waals surface area (Å²) < 4.78 is 33.1. The maximum absolute atomic E-state index is 14.7. The molecule has 6 heterocycles. The normalized spacial score (nSPS) is 15.2. The lowest BCUT2D eigenvalue weighted by molar-refractivity contribution is -0.380. The molecule has 4 amide bonds. The van der Waals surface area contributed by atoms with Crippen LogP contribution in [0.3, 0.4) is 0 Å². The number of amides is 4. The van der Waals surface area contributed by atoms with Crippen LogP contribution in [0.25, 0.3) is 11.1 Å². The third-order valence-corrected chi connectivity index (χ3v) is 14.2. The summed E-state index contributed by atoms with van der Waals surface area (Å²) in [5, 5.41) is 29.1. The van der Waals surface area contributed by atoms with Crippen molar-refractivity contribution in [3.8, 4) is 11.1 Å². The number of para-hydroxylation sites is 1. The maximum Gasteiger partial charge on any atom is 0.348 e. The average molecular weight is 969 g/mol. The van der Waals surface area contributed by atoms with Crippen molar-refractivity contribution in [3.63, 3.8) is 0 Å². The van der Waals surface area contributed by atoms with Gasteiger partial charge in [0.05, 0.1) is 41.5 Å². The van der Waals surface area contributed by atoms with Gasteiger partial charge < -0.3 is 20.4 Å². The van der Waals surface area contributed by atoms with E-state index in [1.807, 2.05) is 11.0 Å². The number of unbranched alkanes of at least 4 members (excludes halogenated alkanes) is 4. The number of nitrogens with one attached hydrogen (secondary N) is 3. The zero-order valence-electron chi connectivity index (χ0n) is 39.1. The maximum atomic E-state index is 14.7. The van der Waals surface area contributed by atoms with Crippen molar-refractivity contribution in [3.05, 3.63) is 92.5 Å². The number of carbonyl (C=O) groups is 4. The molecule has 3 N–H and O–H groups in total. The van der Waals surface area contributed by atoms with Gasteiger partial charge in [0.25, 0.3) is 12.3 Å². The Hall–Kier alpha value is -6.61. The fraction of sp³-hybridized carbons (Fsp3) is 0.479. The summed E-state index contributed by atoms with van der Waals surface area (Å²) in [5.41, 5.74) is 5.60. The molecule has 1 fully saturated rings.